The second kappa shape index (κ2) is 8.70. The van der Waals surface area contributed by atoms with Crippen molar-refractivity contribution >= 4 is 40.8 Å². The summed E-state index contributed by atoms with van der Waals surface area (Å²) in [6, 6.07) is 5.07. The van der Waals surface area contributed by atoms with Crippen molar-refractivity contribution in [3.63, 3.8) is 0 Å². The fourth-order valence-corrected chi connectivity index (χ4v) is 8.24. The Balaban J connectivity index is 1.21. The average molecular weight is 527 g/mol. The van der Waals surface area contributed by atoms with Crippen molar-refractivity contribution in [3.8, 4) is 0 Å². The lowest BCUT2D eigenvalue weighted by molar-refractivity contribution is -0.151. The Kier molecular flexibility index (Phi) is 5.84. The maximum Gasteiger partial charge on any atom is 0.255 e. The molecule has 1 aromatic heterocycles. The third-order valence-corrected chi connectivity index (χ3v) is 10.5. The van der Waals surface area contributed by atoms with Gasteiger partial charge in [-0.2, -0.15) is 0 Å². The lowest BCUT2D eigenvalue weighted by Crippen LogP contribution is -2.56. The van der Waals surface area contributed by atoms with Gasteiger partial charge in [0.05, 0.1) is 27.8 Å². The van der Waals surface area contributed by atoms with Gasteiger partial charge in [-0.1, -0.05) is 43.1 Å². The maximum absolute atomic E-state index is 13.8. The molecule has 0 radical (unpaired) electrons. The first-order chi connectivity index (χ1) is 17.2. The molecule has 4 saturated carbocycles. The number of hydrogen-bond acceptors (Lipinski definition) is 4. The number of hydrogen-bond donors (Lipinski definition) is 1. The minimum absolute atomic E-state index is 0.0505. The van der Waals surface area contributed by atoms with Crippen LogP contribution in [0, 0.1) is 28.6 Å². The molecule has 190 valence electrons. The molecule has 1 N–H and O–H groups in total. The van der Waals surface area contributed by atoms with E-state index < -0.39 is 5.41 Å². The lowest BCUT2D eigenvalue weighted by atomic mass is 9.43. The van der Waals surface area contributed by atoms with Crippen molar-refractivity contribution in [3.05, 3.63) is 51.4 Å². The van der Waals surface area contributed by atoms with Gasteiger partial charge in [0, 0.05) is 17.5 Å². The van der Waals surface area contributed by atoms with E-state index in [1.54, 1.807) is 23.1 Å². The van der Waals surface area contributed by atoms with Crippen LogP contribution >= 0.6 is 23.2 Å². The van der Waals surface area contributed by atoms with Crippen molar-refractivity contribution in [2.45, 2.75) is 65.3 Å². The van der Waals surface area contributed by atoms with Crippen molar-refractivity contribution in [2.75, 3.05) is 11.9 Å². The van der Waals surface area contributed by atoms with Gasteiger partial charge in [-0.3, -0.25) is 9.59 Å². The molecule has 7 rings (SSSR count). The molecule has 0 saturated heterocycles. The van der Waals surface area contributed by atoms with E-state index in [1.807, 2.05) is 0 Å². The maximum atomic E-state index is 13.8. The molecule has 0 unspecified atom stereocenters. The van der Waals surface area contributed by atoms with E-state index in [0.29, 0.717) is 35.9 Å². The zero-order valence-corrected chi connectivity index (χ0v) is 22.3. The molecule has 2 aromatic rings. The first kappa shape index (κ1) is 24.2. The Morgan fingerprint density at radius 3 is 2.39 bits per heavy atom. The summed E-state index contributed by atoms with van der Waals surface area (Å²) in [7, 11) is 0. The van der Waals surface area contributed by atoms with E-state index in [-0.39, 0.29) is 22.3 Å². The van der Waals surface area contributed by atoms with Crippen molar-refractivity contribution in [2.24, 2.45) is 28.6 Å². The van der Waals surface area contributed by atoms with Gasteiger partial charge in [0.15, 0.2) is 0 Å². The topological polar surface area (TPSA) is 75.2 Å². The van der Waals surface area contributed by atoms with Gasteiger partial charge in [0.25, 0.3) is 5.91 Å². The first-order valence-corrected chi connectivity index (χ1v) is 13.8. The zero-order valence-electron chi connectivity index (χ0n) is 20.8. The number of aromatic nitrogens is 2. The van der Waals surface area contributed by atoms with Gasteiger partial charge in [0.2, 0.25) is 5.91 Å². The first-order valence-electron chi connectivity index (χ1n) is 13.0. The predicted octanol–water partition coefficient (Wildman–Crippen LogP) is 6.16. The Bertz CT molecular complexity index is 1210. The van der Waals surface area contributed by atoms with Crippen LogP contribution in [0.5, 0.6) is 0 Å². The summed E-state index contributed by atoms with van der Waals surface area (Å²) in [5.74, 6) is 2.80. The molecule has 4 bridgehead atoms. The number of nitrogens with zero attached hydrogens (tertiary/aromatic N) is 3. The van der Waals surface area contributed by atoms with Crippen LogP contribution < -0.4 is 5.32 Å². The molecule has 2 heterocycles. The standard InChI is InChI=1S/C28H32Cl2N4O2/c1-27(2,28-11-16-8-17(12-28)10-18(9-16)13-28)26(36)33-24-19-6-7-34(14-22(19)31-15-32-24)25(35)20-4-3-5-21(29)23(20)30/h3-5,15-18H,6-14H2,1-2H3,(H,31,32,33,36). The summed E-state index contributed by atoms with van der Waals surface area (Å²) in [6.45, 7) is 5.10. The number of rotatable bonds is 4. The summed E-state index contributed by atoms with van der Waals surface area (Å²) in [4.78, 5) is 37.6. The highest BCUT2D eigenvalue weighted by atomic mass is 35.5. The number of benzene rings is 1. The quantitative estimate of drug-likeness (QED) is 0.517. The molecule has 1 aromatic carbocycles. The van der Waals surface area contributed by atoms with E-state index in [0.717, 1.165) is 29.0 Å². The molecule has 0 atom stereocenters. The highest BCUT2D eigenvalue weighted by molar-refractivity contribution is 6.43. The Hall–Kier alpha value is -2.18. The molecular weight excluding hydrogens is 495 g/mol. The van der Waals surface area contributed by atoms with Gasteiger partial charge in [-0.05, 0) is 80.2 Å². The zero-order chi connectivity index (χ0) is 25.2. The number of nitrogens with one attached hydrogen (secondary N) is 1. The van der Waals surface area contributed by atoms with Crippen LogP contribution in [0.25, 0.3) is 0 Å². The van der Waals surface area contributed by atoms with Gasteiger partial charge < -0.3 is 10.2 Å². The normalized spacial score (nSPS) is 28.7. The van der Waals surface area contributed by atoms with E-state index in [4.69, 9.17) is 23.2 Å². The Morgan fingerprint density at radius 2 is 1.72 bits per heavy atom. The smallest absolute Gasteiger partial charge is 0.255 e. The molecular formula is C28H32Cl2N4O2. The van der Waals surface area contributed by atoms with Crippen LogP contribution in [0.15, 0.2) is 24.5 Å². The summed E-state index contributed by atoms with van der Waals surface area (Å²) in [5.41, 5.74) is 1.66. The summed E-state index contributed by atoms with van der Waals surface area (Å²) in [5, 5.41) is 3.81. The van der Waals surface area contributed by atoms with Crippen molar-refractivity contribution in [1.82, 2.24) is 14.9 Å². The number of anilines is 1. The fraction of sp³-hybridized carbons (Fsp3) is 0.571. The van der Waals surface area contributed by atoms with E-state index in [1.165, 1.54) is 44.9 Å². The molecule has 4 aliphatic carbocycles. The van der Waals surface area contributed by atoms with Crippen LogP contribution in [0.3, 0.4) is 0 Å². The average Bonchev–Trinajstić information content (AvgIpc) is 2.84. The molecule has 2 amide bonds. The largest absolute Gasteiger partial charge is 0.332 e. The van der Waals surface area contributed by atoms with Gasteiger partial charge in [-0.25, -0.2) is 9.97 Å². The SMILES string of the molecule is CC(C)(C(=O)Nc1ncnc2c1CCN(C(=O)c1cccc(Cl)c1Cl)C2)C12CC3CC(CC(C3)C1)C2. The van der Waals surface area contributed by atoms with Crippen LogP contribution in [0.4, 0.5) is 5.82 Å². The minimum Gasteiger partial charge on any atom is -0.332 e. The second-order valence-corrected chi connectivity index (χ2v) is 12.8. The fourth-order valence-electron chi connectivity index (χ4n) is 7.86. The second-order valence-electron chi connectivity index (χ2n) is 12.0. The van der Waals surface area contributed by atoms with Crippen LogP contribution in [0.2, 0.25) is 10.0 Å². The minimum atomic E-state index is -0.471. The molecule has 4 fully saturated rings. The van der Waals surface area contributed by atoms with E-state index in [9.17, 15) is 9.59 Å². The van der Waals surface area contributed by atoms with Crippen LogP contribution in [-0.4, -0.2) is 33.2 Å². The molecule has 6 nitrogen and oxygen atoms in total. The third-order valence-electron chi connectivity index (χ3n) is 9.64. The molecule has 1 aliphatic heterocycles. The number of fused-ring (bicyclic) bond motifs is 1. The Labute approximate surface area is 222 Å². The Morgan fingerprint density at radius 1 is 1.06 bits per heavy atom. The highest BCUT2D eigenvalue weighted by Gasteiger charge is 2.59. The summed E-state index contributed by atoms with van der Waals surface area (Å²) >= 11 is 12.4. The molecule has 36 heavy (non-hydrogen) atoms. The van der Waals surface area contributed by atoms with Crippen LogP contribution in [-0.2, 0) is 17.8 Å². The predicted molar refractivity (Wildman–Crippen MR) is 140 cm³/mol. The molecule has 0 spiro atoms. The van der Waals surface area contributed by atoms with Gasteiger partial charge in [0.1, 0.15) is 12.1 Å². The highest BCUT2D eigenvalue weighted by Crippen LogP contribution is 2.66. The van der Waals surface area contributed by atoms with Gasteiger partial charge in [-0.15, -0.1) is 0 Å². The third kappa shape index (κ3) is 3.83. The lowest BCUT2D eigenvalue weighted by Gasteiger charge is -2.61. The van der Waals surface area contributed by atoms with Crippen LogP contribution in [0.1, 0.15) is 74.0 Å². The number of halogens is 2. The summed E-state index contributed by atoms with van der Waals surface area (Å²) in [6.07, 6.45) is 9.61. The molecule has 5 aliphatic rings. The van der Waals surface area contributed by atoms with Crippen molar-refractivity contribution in [1.29, 1.82) is 0 Å². The molecule has 8 heteroatoms. The van der Waals surface area contributed by atoms with Gasteiger partial charge >= 0.3 is 0 Å². The van der Waals surface area contributed by atoms with E-state index in [2.05, 4.69) is 29.1 Å². The monoisotopic (exact) mass is 526 g/mol. The van der Waals surface area contributed by atoms with Crippen molar-refractivity contribution < 1.29 is 9.59 Å². The number of carbonyl (C=O) groups excluding carboxylic acids is 2. The van der Waals surface area contributed by atoms with E-state index >= 15 is 0 Å². The summed E-state index contributed by atoms with van der Waals surface area (Å²) < 4.78 is 0. The number of amides is 2. The number of carbonyl (C=O) groups is 2.